The quantitative estimate of drug-likeness (QED) is 0.724. The number of Topliss-reactive ketones (excluding diaryl/α,β-unsaturated/α-hetero) is 1. The second-order valence-electron chi connectivity index (χ2n) is 3.32. The van der Waals surface area contributed by atoms with Crippen LogP contribution in [-0.2, 0) is 4.74 Å². The number of ketones is 1. The van der Waals surface area contributed by atoms with Crippen molar-refractivity contribution in [3.05, 3.63) is 35.4 Å². The van der Waals surface area contributed by atoms with E-state index in [1.807, 2.05) is 0 Å². The first-order valence-electron chi connectivity index (χ1n) is 5.21. The second-order valence-corrected chi connectivity index (χ2v) is 3.32. The van der Waals surface area contributed by atoms with Gasteiger partial charge in [-0.25, -0.2) is 8.78 Å². The molecule has 0 radical (unpaired) electrons. The third kappa shape index (κ3) is 2.64. The van der Waals surface area contributed by atoms with Crippen LogP contribution >= 0.6 is 0 Å². The number of hydrogen-bond donors (Lipinski definition) is 0. The van der Waals surface area contributed by atoms with Gasteiger partial charge in [0.25, 0.3) is 0 Å². The van der Waals surface area contributed by atoms with Gasteiger partial charge in [-0.2, -0.15) is 0 Å². The molecule has 88 valence electrons. The molecule has 0 aromatic heterocycles. The number of benzene rings is 1. The Morgan fingerprint density at radius 1 is 1.38 bits per heavy atom. The number of hydrogen-bond acceptors (Lipinski definition) is 2. The van der Waals surface area contributed by atoms with E-state index in [4.69, 9.17) is 4.74 Å². The van der Waals surface area contributed by atoms with Crippen molar-refractivity contribution in [2.75, 3.05) is 6.61 Å². The van der Waals surface area contributed by atoms with Crippen LogP contribution in [0.2, 0.25) is 0 Å². The molecule has 2 nitrogen and oxygen atoms in total. The average Bonchev–Trinajstić information content (AvgIpc) is 2.29. The standard InChI is InChI=1S/C12H14F2O2/c1-3-10(16-4-2)12(15)8-6-5-7-9(13)11(8)14/h5-7,10H,3-4H2,1-2H3. The maximum atomic E-state index is 13.3. The Kier molecular flexibility index (Phi) is 4.55. The number of halogens is 2. The van der Waals surface area contributed by atoms with Gasteiger partial charge in [-0.1, -0.05) is 13.0 Å². The highest BCUT2D eigenvalue weighted by Gasteiger charge is 2.22. The van der Waals surface area contributed by atoms with Crippen molar-refractivity contribution in [1.29, 1.82) is 0 Å². The van der Waals surface area contributed by atoms with Gasteiger partial charge in [0.05, 0.1) is 5.56 Å². The summed E-state index contributed by atoms with van der Waals surface area (Å²) in [6, 6.07) is 3.56. The first-order valence-corrected chi connectivity index (χ1v) is 5.21. The van der Waals surface area contributed by atoms with E-state index in [2.05, 4.69) is 0 Å². The molecule has 0 spiro atoms. The molecular weight excluding hydrogens is 214 g/mol. The van der Waals surface area contributed by atoms with Gasteiger partial charge in [0, 0.05) is 6.61 Å². The van der Waals surface area contributed by atoms with Gasteiger partial charge in [0.1, 0.15) is 6.10 Å². The van der Waals surface area contributed by atoms with Crippen molar-refractivity contribution in [1.82, 2.24) is 0 Å². The maximum Gasteiger partial charge on any atom is 0.194 e. The molecule has 0 heterocycles. The zero-order valence-corrected chi connectivity index (χ0v) is 9.30. The molecule has 0 bridgehead atoms. The molecule has 0 aliphatic heterocycles. The lowest BCUT2D eigenvalue weighted by Gasteiger charge is -2.14. The summed E-state index contributed by atoms with van der Waals surface area (Å²) in [6.45, 7) is 3.87. The number of ether oxygens (including phenoxy) is 1. The molecule has 1 rings (SSSR count). The van der Waals surface area contributed by atoms with Crippen molar-refractivity contribution >= 4 is 5.78 Å². The van der Waals surface area contributed by atoms with Gasteiger partial charge in [-0.3, -0.25) is 4.79 Å². The number of carbonyl (C=O) groups excluding carboxylic acids is 1. The Morgan fingerprint density at radius 2 is 2.06 bits per heavy atom. The lowest BCUT2D eigenvalue weighted by Crippen LogP contribution is -2.24. The molecular formula is C12H14F2O2. The summed E-state index contributed by atoms with van der Waals surface area (Å²) < 4.78 is 31.4. The maximum absolute atomic E-state index is 13.3. The molecule has 0 fully saturated rings. The highest BCUT2D eigenvalue weighted by atomic mass is 19.2. The summed E-state index contributed by atoms with van der Waals surface area (Å²) >= 11 is 0. The van der Waals surface area contributed by atoms with E-state index in [1.54, 1.807) is 13.8 Å². The molecule has 0 aliphatic rings. The highest BCUT2D eigenvalue weighted by molar-refractivity contribution is 5.99. The molecule has 0 saturated heterocycles. The van der Waals surface area contributed by atoms with Crippen LogP contribution in [0.15, 0.2) is 18.2 Å². The normalized spacial score (nSPS) is 12.5. The lowest BCUT2D eigenvalue weighted by atomic mass is 10.0. The van der Waals surface area contributed by atoms with Crippen molar-refractivity contribution in [3.63, 3.8) is 0 Å². The summed E-state index contributed by atoms with van der Waals surface area (Å²) in [5.74, 6) is -2.63. The number of rotatable bonds is 5. The summed E-state index contributed by atoms with van der Waals surface area (Å²) in [5, 5.41) is 0. The first-order chi connectivity index (χ1) is 7.61. The summed E-state index contributed by atoms with van der Waals surface area (Å²) in [7, 11) is 0. The van der Waals surface area contributed by atoms with Crippen molar-refractivity contribution in [2.24, 2.45) is 0 Å². The lowest BCUT2D eigenvalue weighted by molar-refractivity contribution is 0.0439. The molecule has 16 heavy (non-hydrogen) atoms. The Morgan fingerprint density at radius 3 is 2.62 bits per heavy atom. The third-order valence-corrected chi connectivity index (χ3v) is 2.25. The molecule has 1 aromatic carbocycles. The summed E-state index contributed by atoms with van der Waals surface area (Å²) in [6.07, 6.45) is -0.274. The Bertz CT molecular complexity index is 377. The third-order valence-electron chi connectivity index (χ3n) is 2.25. The van der Waals surface area contributed by atoms with Crippen molar-refractivity contribution in [2.45, 2.75) is 26.4 Å². The Labute approximate surface area is 93.2 Å². The highest BCUT2D eigenvalue weighted by Crippen LogP contribution is 2.15. The van der Waals surface area contributed by atoms with Crippen LogP contribution < -0.4 is 0 Å². The first kappa shape index (κ1) is 12.8. The zero-order chi connectivity index (χ0) is 12.1. The van der Waals surface area contributed by atoms with Gasteiger partial charge in [-0.15, -0.1) is 0 Å². The van der Waals surface area contributed by atoms with E-state index in [-0.39, 0.29) is 5.56 Å². The van der Waals surface area contributed by atoms with Crippen LogP contribution in [0.1, 0.15) is 30.6 Å². The van der Waals surface area contributed by atoms with Crippen LogP contribution in [-0.4, -0.2) is 18.5 Å². The van der Waals surface area contributed by atoms with Crippen LogP contribution in [0.4, 0.5) is 8.78 Å². The minimum atomic E-state index is -1.11. The topological polar surface area (TPSA) is 26.3 Å². The minimum Gasteiger partial charge on any atom is -0.370 e. The van der Waals surface area contributed by atoms with Gasteiger partial charge in [0.2, 0.25) is 0 Å². The largest absolute Gasteiger partial charge is 0.370 e. The van der Waals surface area contributed by atoms with Crippen LogP contribution in [0.25, 0.3) is 0 Å². The van der Waals surface area contributed by atoms with E-state index < -0.39 is 23.5 Å². The van der Waals surface area contributed by atoms with Crippen molar-refractivity contribution in [3.8, 4) is 0 Å². The van der Waals surface area contributed by atoms with Crippen LogP contribution in [0, 0.1) is 11.6 Å². The van der Waals surface area contributed by atoms with E-state index in [0.29, 0.717) is 13.0 Å². The van der Waals surface area contributed by atoms with Gasteiger partial charge in [-0.05, 0) is 25.5 Å². The van der Waals surface area contributed by atoms with Crippen molar-refractivity contribution < 1.29 is 18.3 Å². The van der Waals surface area contributed by atoms with Gasteiger partial charge in [0.15, 0.2) is 17.4 Å². The fraction of sp³-hybridized carbons (Fsp3) is 0.417. The molecule has 0 aliphatic carbocycles. The molecule has 1 atom stereocenters. The SMILES string of the molecule is CCOC(CC)C(=O)c1cccc(F)c1F. The van der Waals surface area contributed by atoms with Gasteiger partial charge < -0.3 is 4.74 Å². The fourth-order valence-corrected chi connectivity index (χ4v) is 1.45. The molecule has 0 saturated carbocycles. The second kappa shape index (κ2) is 5.70. The molecule has 0 N–H and O–H groups in total. The zero-order valence-electron chi connectivity index (χ0n) is 9.30. The smallest absolute Gasteiger partial charge is 0.194 e. The monoisotopic (exact) mass is 228 g/mol. The van der Waals surface area contributed by atoms with Crippen LogP contribution in [0.5, 0.6) is 0 Å². The average molecular weight is 228 g/mol. The van der Waals surface area contributed by atoms with Crippen LogP contribution in [0.3, 0.4) is 0 Å². The Balaban J connectivity index is 2.99. The van der Waals surface area contributed by atoms with E-state index in [0.717, 1.165) is 6.07 Å². The molecule has 1 unspecified atom stereocenters. The summed E-state index contributed by atoms with van der Waals surface area (Å²) in [4.78, 5) is 11.8. The molecule has 4 heteroatoms. The predicted molar refractivity (Wildman–Crippen MR) is 56.4 cm³/mol. The predicted octanol–water partition coefficient (Wildman–Crippen LogP) is 2.96. The summed E-state index contributed by atoms with van der Waals surface area (Å²) in [5.41, 5.74) is -0.250. The minimum absolute atomic E-state index is 0.250. The number of carbonyl (C=O) groups is 1. The van der Waals surface area contributed by atoms with E-state index in [9.17, 15) is 13.6 Å². The van der Waals surface area contributed by atoms with E-state index >= 15 is 0 Å². The molecule has 1 aromatic rings. The van der Waals surface area contributed by atoms with Gasteiger partial charge >= 0.3 is 0 Å². The fourth-order valence-electron chi connectivity index (χ4n) is 1.45. The van der Waals surface area contributed by atoms with E-state index in [1.165, 1.54) is 12.1 Å². The Hall–Kier alpha value is -1.29. The molecule has 0 amide bonds.